The standard InChI is InChI=1S/C13H11Cl2N3/c14-10-5-11(15)13(17-12(10)16)18-6-8-3-1-2-4-9(8)7-18/h1-5H,6-7H2,(H2,16,17). The number of pyridine rings is 1. The van der Waals surface area contributed by atoms with Crippen LogP contribution in [-0.4, -0.2) is 4.98 Å². The van der Waals surface area contributed by atoms with Crippen molar-refractivity contribution in [3.8, 4) is 0 Å². The van der Waals surface area contributed by atoms with Crippen LogP contribution in [0.15, 0.2) is 30.3 Å². The summed E-state index contributed by atoms with van der Waals surface area (Å²) in [6.07, 6.45) is 0. The summed E-state index contributed by atoms with van der Waals surface area (Å²) in [6, 6.07) is 9.94. The van der Waals surface area contributed by atoms with Crippen LogP contribution in [0.4, 0.5) is 11.6 Å². The molecule has 3 nitrogen and oxygen atoms in total. The first-order valence-electron chi connectivity index (χ1n) is 5.58. The van der Waals surface area contributed by atoms with Crippen LogP contribution in [0, 0.1) is 0 Å². The summed E-state index contributed by atoms with van der Waals surface area (Å²) in [5.74, 6) is 1.00. The van der Waals surface area contributed by atoms with Gasteiger partial charge in [-0.25, -0.2) is 4.98 Å². The van der Waals surface area contributed by atoms with E-state index in [1.807, 2.05) is 12.1 Å². The summed E-state index contributed by atoms with van der Waals surface area (Å²) in [6.45, 7) is 1.59. The summed E-state index contributed by atoms with van der Waals surface area (Å²) >= 11 is 12.1. The van der Waals surface area contributed by atoms with Crippen molar-refractivity contribution < 1.29 is 0 Å². The Labute approximate surface area is 115 Å². The van der Waals surface area contributed by atoms with Crippen LogP contribution in [0.2, 0.25) is 10.0 Å². The van der Waals surface area contributed by atoms with E-state index in [-0.39, 0.29) is 0 Å². The predicted molar refractivity (Wildman–Crippen MR) is 75.0 cm³/mol. The van der Waals surface area contributed by atoms with E-state index in [0.717, 1.165) is 13.1 Å². The van der Waals surface area contributed by atoms with Crippen LogP contribution in [0.5, 0.6) is 0 Å². The van der Waals surface area contributed by atoms with E-state index in [9.17, 15) is 0 Å². The van der Waals surface area contributed by atoms with E-state index < -0.39 is 0 Å². The molecule has 2 N–H and O–H groups in total. The Morgan fingerprint density at radius 2 is 1.67 bits per heavy atom. The number of nitrogens with zero attached hydrogens (tertiary/aromatic N) is 2. The van der Waals surface area contributed by atoms with Gasteiger partial charge in [0.15, 0.2) is 5.82 Å². The van der Waals surface area contributed by atoms with Crippen molar-refractivity contribution in [3.05, 3.63) is 51.5 Å². The average Bonchev–Trinajstić information content (AvgIpc) is 2.77. The molecule has 0 spiro atoms. The second-order valence-corrected chi connectivity index (χ2v) is 5.10. The molecule has 1 aromatic carbocycles. The smallest absolute Gasteiger partial charge is 0.150 e. The fourth-order valence-electron chi connectivity index (χ4n) is 2.18. The van der Waals surface area contributed by atoms with E-state index >= 15 is 0 Å². The minimum atomic E-state index is 0.312. The molecule has 5 heteroatoms. The Balaban J connectivity index is 1.97. The average molecular weight is 280 g/mol. The van der Waals surface area contributed by atoms with Crippen LogP contribution in [0.3, 0.4) is 0 Å². The van der Waals surface area contributed by atoms with Gasteiger partial charge in [0.1, 0.15) is 5.82 Å². The molecule has 0 saturated carbocycles. The molecule has 1 aromatic heterocycles. The zero-order valence-corrected chi connectivity index (χ0v) is 11.0. The van der Waals surface area contributed by atoms with Crippen molar-refractivity contribution in [2.45, 2.75) is 13.1 Å². The minimum absolute atomic E-state index is 0.312. The van der Waals surface area contributed by atoms with E-state index in [1.54, 1.807) is 6.07 Å². The SMILES string of the molecule is Nc1nc(N2Cc3ccccc3C2)c(Cl)cc1Cl. The van der Waals surface area contributed by atoms with Crippen molar-refractivity contribution >= 4 is 34.8 Å². The third-order valence-electron chi connectivity index (χ3n) is 3.08. The van der Waals surface area contributed by atoms with Gasteiger partial charge in [-0.3, -0.25) is 0 Å². The van der Waals surface area contributed by atoms with Crippen LogP contribution in [0.1, 0.15) is 11.1 Å². The Morgan fingerprint density at radius 3 is 2.28 bits per heavy atom. The van der Waals surface area contributed by atoms with Crippen molar-refractivity contribution in [1.82, 2.24) is 4.98 Å². The van der Waals surface area contributed by atoms with Gasteiger partial charge in [-0.05, 0) is 17.2 Å². The molecule has 1 aliphatic heterocycles. The fraction of sp³-hybridized carbons (Fsp3) is 0.154. The number of nitrogen functional groups attached to an aromatic ring is 1. The lowest BCUT2D eigenvalue weighted by Gasteiger charge is -2.18. The second-order valence-electron chi connectivity index (χ2n) is 4.29. The summed E-state index contributed by atoms with van der Waals surface area (Å²) in [5.41, 5.74) is 8.32. The maximum atomic E-state index is 6.18. The summed E-state index contributed by atoms with van der Waals surface area (Å²) in [7, 11) is 0. The number of halogens is 2. The molecule has 2 heterocycles. The summed E-state index contributed by atoms with van der Waals surface area (Å²) in [5, 5.41) is 0.919. The van der Waals surface area contributed by atoms with Crippen LogP contribution in [0.25, 0.3) is 0 Å². The van der Waals surface area contributed by atoms with Gasteiger partial charge in [0.2, 0.25) is 0 Å². The number of rotatable bonds is 1. The van der Waals surface area contributed by atoms with Crippen LogP contribution < -0.4 is 10.6 Å². The van der Waals surface area contributed by atoms with Gasteiger partial charge in [-0.15, -0.1) is 0 Å². The third kappa shape index (κ3) is 1.89. The number of aromatic nitrogens is 1. The highest BCUT2D eigenvalue weighted by molar-refractivity contribution is 6.37. The van der Waals surface area contributed by atoms with Crippen molar-refractivity contribution in [2.24, 2.45) is 0 Å². The number of anilines is 2. The molecule has 2 aromatic rings. The first-order chi connectivity index (χ1) is 8.65. The van der Waals surface area contributed by atoms with Crippen molar-refractivity contribution in [3.63, 3.8) is 0 Å². The molecule has 0 unspecified atom stereocenters. The lowest BCUT2D eigenvalue weighted by atomic mass is 10.1. The molecule has 0 bridgehead atoms. The van der Waals surface area contributed by atoms with E-state index in [1.165, 1.54) is 11.1 Å². The molecule has 0 aliphatic carbocycles. The summed E-state index contributed by atoms with van der Waals surface area (Å²) in [4.78, 5) is 6.37. The van der Waals surface area contributed by atoms with Crippen molar-refractivity contribution in [1.29, 1.82) is 0 Å². The first-order valence-corrected chi connectivity index (χ1v) is 6.34. The zero-order valence-electron chi connectivity index (χ0n) is 9.53. The lowest BCUT2D eigenvalue weighted by Crippen LogP contribution is -2.17. The third-order valence-corrected chi connectivity index (χ3v) is 3.66. The first kappa shape index (κ1) is 11.6. The van der Waals surface area contributed by atoms with Gasteiger partial charge in [0.05, 0.1) is 10.0 Å². The molecule has 0 atom stereocenters. The maximum Gasteiger partial charge on any atom is 0.150 e. The molecular weight excluding hydrogens is 269 g/mol. The minimum Gasteiger partial charge on any atom is -0.382 e. The predicted octanol–water partition coefficient (Wildman–Crippen LogP) is 3.49. The largest absolute Gasteiger partial charge is 0.382 e. The molecule has 1 aliphatic rings. The second kappa shape index (κ2) is 4.34. The van der Waals surface area contributed by atoms with Gasteiger partial charge < -0.3 is 10.6 Å². The quantitative estimate of drug-likeness (QED) is 0.869. The highest BCUT2D eigenvalue weighted by Gasteiger charge is 2.22. The molecule has 18 heavy (non-hydrogen) atoms. The van der Waals surface area contributed by atoms with Crippen LogP contribution >= 0.6 is 23.2 Å². The van der Waals surface area contributed by atoms with Gasteiger partial charge in [-0.2, -0.15) is 0 Å². The number of benzene rings is 1. The number of hydrogen-bond acceptors (Lipinski definition) is 3. The van der Waals surface area contributed by atoms with Crippen molar-refractivity contribution in [2.75, 3.05) is 10.6 Å². The normalized spacial score (nSPS) is 13.8. The molecule has 0 amide bonds. The maximum absolute atomic E-state index is 6.18. The highest BCUT2D eigenvalue weighted by atomic mass is 35.5. The number of nitrogens with two attached hydrogens (primary N) is 1. The number of fused-ring (bicyclic) bond motifs is 1. The zero-order chi connectivity index (χ0) is 12.7. The molecule has 0 fully saturated rings. The topological polar surface area (TPSA) is 42.1 Å². The highest BCUT2D eigenvalue weighted by Crippen LogP contribution is 2.34. The van der Waals surface area contributed by atoms with Gasteiger partial charge in [0, 0.05) is 13.1 Å². The Hall–Kier alpha value is -1.45. The van der Waals surface area contributed by atoms with Crippen LogP contribution in [-0.2, 0) is 13.1 Å². The Bertz CT molecular complexity index is 588. The summed E-state index contributed by atoms with van der Waals surface area (Å²) < 4.78 is 0. The molecular formula is C13H11Cl2N3. The monoisotopic (exact) mass is 279 g/mol. The van der Waals surface area contributed by atoms with Gasteiger partial charge in [-0.1, -0.05) is 47.5 Å². The lowest BCUT2D eigenvalue weighted by molar-refractivity contribution is 0.858. The van der Waals surface area contributed by atoms with E-state index in [4.69, 9.17) is 28.9 Å². The van der Waals surface area contributed by atoms with Gasteiger partial charge in [0.25, 0.3) is 0 Å². The van der Waals surface area contributed by atoms with E-state index in [2.05, 4.69) is 22.0 Å². The van der Waals surface area contributed by atoms with E-state index in [0.29, 0.717) is 21.7 Å². The Kier molecular flexibility index (Phi) is 2.80. The molecule has 92 valence electrons. The molecule has 0 radical (unpaired) electrons. The molecule has 0 saturated heterocycles. The molecule has 3 rings (SSSR count). The fourth-order valence-corrected chi connectivity index (χ4v) is 2.65. The van der Waals surface area contributed by atoms with Gasteiger partial charge >= 0.3 is 0 Å². The number of hydrogen-bond donors (Lipinski definition) is 1. The Morgan fingerprint density at radius 1 is 1.06 bits per heavy atom.